The van der Waals surface area contributed by atoms with Gasteiger partial charge in [-0.05, 0) is 18.2 Å². The molecule has 0 saturated carbocycles. The molecular formula is C16H12F2N2O3. The van der Waals surface area contributed by atoms with Gasteiger partial charge in [0.05, 0.1) is 24.7 Å². The monoisotopic (exact) mass is 318 g/mol. The van der Waals surface area contributed by atoms with Gasteiger partial charge in [0.25, 0.3) is 6.01 Å². The van der Waals surface area contributed by atoms with Crippen molar-refractivity contribution in [1.29, 1.82) is 0 Å². The topological polar surface area (TPSA) is 45.5 Å². The van der Waals surface area contributed by atoms with E-state index in [2.05, 4.69) is 14.5 Å². The second kappa shape index (κ2) is 4.84. The van der Waals surface area contributed by atoms with Crippen molar-refractivity contribution in [2.24, 2.45) is 0 Å². The quantitative estimate of drug-likeness (QED) is 0.742. The van der Waals surface area contributed by atoms with Crippen LogP contribution in [0, 0.1) is 0 Å². The first-order valence-electron chi connectivity index (χ1n) is 6.94. The average Bonchev–Trinajstić information content (AvgIpc) is 3.04. The highest BCUT2D eigenvalue weighted by Gasteiger charge is 2.44. The van der Waals surface area contributed by atoms with Crippen LogP contribution in [0.25, 0.3) is 11.0 Å². The molecular weight excluding hydrogens is 306 g/mol. The van der Waals surface area contributed by atoms with Gasteiger partial charge in [0.2, 0.25) is 0 Å². The van der Waals surface area contributed by atoms with Crippen LogP contribution >= 0.6 is 0 Å². The van der Waals surface area contributed by atoms with E-state index in [-0.39, 0.29) is 18.0 Å². The minimum atomic E-state index is -3.64. The summed E-state index contributed by atoms with van der Waals surface area (Å²) in [6, 6.07) is 12.7. The van der Waals surface area contributed by atoms with Crippen LogP contribution in [0.3, 0.4) is 0 Å². The Morgan fingerprint density at radius 1 is 1.13 bits per heavy atom. The Labute approximate surface area is 130 Å². The van der Waals surface area contributed by atoms with Gasteiger partial charge in [-0.2, -0.15) is 4.98 Å². The first-order valence-corrected chi connectivity index (χ1v) is 6.94. The maximum atomic E-state index is 13.3. The number of methoxy groups -OCH3 is 1. The molecule has 0 fully saturated rings. The van der Waals surface area contributed by atoms with E-state index in [1.165, 1.54) is 13.2 Å². The van der Waals surface area contributed by atoms with Crippen LogP contribution in [0.4, 0.5) is 8.78 Å². The van der Waals surface area contributed by atoms with Gasteiger partial charge in [-0.15, -0.1) is 8.78 Å². The van der Waals surface area contributed by atoms with Crippen molar-refractivity contribution < 1.29 is 23.0 Å². The summed E-state index contributed by atoms with van der Waals surface area (Å²) in [7, 11) is 1.51. The Balaban J connectivity index is 1.80. The maximum Gasteiger partial charge on any atom is 0.586 e. The van der Waals surface area contributed by atoms with Gasteiger partial charge in [0.1, 0.15) is 0 Å². The van der Waals surface area contributed by atoms with Crippen LogP contribution in [0.1, 0.15) is 5.56 Å². The third-order valence-corrected chi connectivity index (χ3v) is 3.64. The van der Waals surface area contributed by atoms with E-state index in [4.69, 9.17) is 4.74 Å². The lowest BCUT2D eigenvalue weighted by Gasteiger charge is -2.10. The summed E-state index contributed by atoms with van der Waals surface area (Å²) in [6.45, 7) is 0.270. The third kappa shape index (κ3) is 2.25. The number of nitrogens with zero attached hydrogens (tertiary/aromatic N) is 2. The van der Waals surface area contributed by atoms with E-state index < -0.39 is 6.29 Å². The molecule has 0 saturated heterocycles. The summed E-state index contributed by atoms with van der Waals surface area (Å²) in [5, 5.41) is 0. The lowest BCUT2D eigenvalue weighted by atomic mass is 10.2. The number of aromatic nitrogens is 2. The molecule has 0 radical (unpaired) electrons. The summed E-state index contributed by atoms with van der Waals surface area (Å²) in [4.78, 5) is 4.37. The van der Waals surface area contributed by atoms with E-state index >= 15 is 0 Å². The fraction of sp³-hybridized carbons (Fsp3) is 0.188. The smallest absolute Gasteiger partial charge is 0.468 e. The van der Waals surface area contributed by atoms with Gasteiger partial charge < -0.3 is 14.2 Å². The molecule has 2 aromatic carbocycles. The normalized spacial score (nSPS) is 15.1. The van der Waals surface area contributed by atoms with Crippen molar-refractivity contribution in [3.63, 3.8) is 0 Å². The molecule has 0 N–H and O–H groups in total. The Bertz CT molecular complexity index is 892. The van der Waals surface area contributed by atoms with E-state index in [1.807, 2.05) is 24.3 Å². The van der Waals surface area contributed by atoms with E-state index in [0.717, 1.165) is 11.0 Å². The Hall–Kier alpha value is -2.83. The number of benzene rings is 2. The van der Waals surface area contributed by atoms with Crippen molar-refractivity contribution in [3.05, 3.63) is 48.0 Å². The van der Waals surface area contributed by atoms with Crippen molar-refractivity contribution >= 4 is 11.0 Å². The summed E-state index contributed by atoms with van der Waals surface area (Å²) in [6.07, 6.45) is -3.64. The highest BCUT2D eigenvalue weighted by Crippen LogP contribution is 2.43. The lowest BCUT2D eigenvalue weighted by Crippen LogP contribution is -2.26. The molecule has 0 amide bonds. The SMILES string of the molecule is COc1nc2ccccc2n1Cc1cccc2c1OC(F)(F)O2. The molecule has 0 spiro atoms. The number of para-hydroxylation sites is 3. The first kappa shape index (κ1) is 13.8. The van der Waals surface area contributed by atoms with Crippen molar-refractivity contribution in [2.75, 3.05) is 7.11 Å². The van der Waals surface area contributed by atoms with E-state index in [1.54, 1.807) is 16.7 Å². The van der Waals surface area contributed by atoms with E-state index in [0.29, 0.717) is 11.6 Å². The number of ether oxygens (including phenoxy) is 3. The molecule has 3 aromatic rings. The molecule has 7 heteroatoms. The van der Waals surface area contributed by atoms with E-state index in [9.17, 15) is 8.78 Å². The minimum Gasteiger partial charge on any atom is -0.468 e. The molecule has 118 valence electrons. The number of imidazole rings is 1. The van der Waals surface area contributed by atoms with Crippen molar-refractivity contribution in [2.45, 2.75) is 12.8 Å². The largest absolute Gasteiger partial charge is 0.586 e. The standard InChI is InChI=1S/C16H12F2N2O3/c1-21-15-19-11-6-2-3-7-12(11)20(15)9-10-5-4-8-13-14(10)23-16(17,18)22-13/h2-8H,9H2,1H3. The molecule has 0 aliphatic carbocycles. The number of halogens is 2. The third-order valence-electron chi connectivity index (χ3n) is 3.64. The fourth-order valence-corrected chi connectivity index (χ4v) is 2.68. The highest BCUT2D eigenvalue weighted by atomic mass is 19.3. The van der Waals surface area contributed by atoms with Gasteiger partial charge in [0.15, 0.2) is 11.5 Å². The molecule has 0 atom stereocenters. The highest BCUT2D eigenvalue weighted by molar-refractivity contribution is 5.76. The molecule has 1 aromatic heterocycles. The van der Waals surface area contributed by atoms with Crippen LogP contribution in [-0.2, 0) is 6.54 Å². The molecule has 1 aliphatic heterocycles. The number of alkyl halides is 2. The maximum absolute atomic E-state index is 13.3. The molecule has 23 heavy (non-hydrogen) atoms. The zero-order valence-corrected chi connectivity index (χ0v) is 12.1. The summed E-state index contributed by atoms with van der Waals surface area (Å²) < 4.78 is 42.8. The fourth-order valence-electron chi connectivity index (χ4n) is 2.68. The predicted molar refractivity (Wildman–Crippen MR) is 78.0 cm³/mol. The van der Waals surface area contributed by atoms with Crippen LogP contribution in [0.15, 0.2) is 42.5 Å². The van der Waals surface area contributed by atoms with Crippen LogP contribution < -0.4 is 14.2 Å². The van der Waals surface area contributed by atoms with Crippen LogP contribution in [-0.4, -0.2) is 23.0 Å². The second-order valence-electron chi connectivity index (χ2n) is 5.09. The van der Waals surface area contributed by atoms with Gasteiger partial charge in [-0.1, -0.05) is 24.3 Å². The molecule has 0 unspecified atom stereocenters. The number of fused-ring (bicyclic) bond motifs is 2. The van der Waals surface area contributed by atoms with Crippen molar-refractivity contribution in [3.8, 4) is 17.5 Å². The second-order valence-corrected chi connectivity index (χ2v) is 5.09. The zero-order chi connectivity index (χ0) is 16.0. The van der Waals surface area contributed by atoms with Crippen LogP contribution in [0.2, 0.25) is 0 Å². The summed E-state index contributed by atoms with van der Waals surface area (Å²) >= 11 is 0. The molecule has 1 aliphatic rings. The Morgan fingerprint density at radius 2 is 1.96 bits per heavy atom. The van der Waals surface area contributed by atoms with Crippen LogP contribution in [0.5, 0.6) is 17.5 Å². The lowest BCUT2D eigenvalue weighted by molar-refractivity contribution is -0.286. The summed E-state index contributed by atoms with van der Waals surface area (Å²) in [5.74, 6) is 0.0632. The Morgan fingerprint density at radius 3 is 2.78 bits per heavy atom. The zero-order valence-electron chi connectivity index (χ0n) is 12.1. The van der Waals surface area contributed by atoms with Gasteiger partial charge >= 0.3 is 6.29 Å². The van der Waals surface area contributed by atoms with Crippen molar-refractivity contribution in [1.82, 2.24) is 9.55 Å². The van der Waals surface area contributed by atoms with Gasteiger partial charge in [-0.3, -0.25) is 4.57 Å². The first-order chi connectivity index (χ1) is 11.1. The Kier molecular flexibility index (Phi) is 2.90. The predicted octanol–water partition coefficient (Wildman–Crippen LogP) is 3.41. The average molecular weight is 318 g/mol. The minimum absolute atomic E-state index is 0.0240. The molecule has 2 heterocycles. The van der Waals surface area contributed by atoms with Gasteiger partial charge in [0, 0.05) is 5.56 Å². The van der Waals surface area contributed by atoms with Gasteiger partial charge in [-0.25, -0.2) is 0 Å². The molecule has 4 rings (SSSR count). The summed E-state index contributed by atoms with van der Waals surface area (Å²) in [5.41, 5.74) is 2.16. The number of hydrogen-bond acceptors (Lipinski definition) is 4. The number of hydrogen-bond donors (Lipinski definition) is 0. The molecule has 0 bridgehead atoms. The number of rotatable bonds is 3. The molecule has 5 nitrogen and oxygen atoms in total.